The molecule has 2 aliphatic heterocycles. The molecular weight excluding hydrogens is 424 g/mol. The van der Waals surface area contributed by atoms with Crippen LogP contribution in [0.5, 0.6) is 5.75 Å². The smallest absolute Gasteiger partial charge is 0.319 e. The van der Waals surface area contributed by atoms with Crippen LogP contribution in [0, 0.1) is 0 Å². The van der Waals surface area contributed by atoms with Gasteiger partial charge in [-0.25, -0.2) is 4.79 Å². The molecule has 9 nitrogen and oxygen atoms in total. The Kier molecular flexibility index (Phi) is 7.66. The number of para-hydroxylation sites is 3. The average Bonchev–Trinajstić information content (AvgIpc) is 3.18. The van der Waals surface area contributed by atoms with Gasteiger partial charge in [-0.15, -0.1) is 0 Å². The van der Waals surface area contributed by atoms with Crippen LogP contribution in [-0.4, -0.2) is 91.9 Å². The van der Waals surface area contributed by atoms with Crippen molar-refractivity contribution in [3.05, 3.63) is 54.6 Å². The lowest BCUT2D eigenvalue weighted by molar-refractivity contribution is -0.0205. The number of piperazine rings is 1. The molecule has 2 fully saturated rings. The number of aliphatic hydroxyl groups is 2. The second-order valence-corrected chi connectivity index (χ2v) is 8.27. The molecule has 0 aromatic heterocycles. The van der Waals surface area contributed by atoms with E-state index < -0.39 is 18.3 Å². The highest BCUT2D eigenvalue weighted by Crippen LogP contribution is 2.31. The first-order valence-corrected chi connectivity index (χ1v) is 11.3. The SMILES string of the molecule is COc1ccccc1N1CCN(C2C(CNC(=O)Nc3ccccc3)OC(CO)C2O)CC1. The number of anilines is 2. The lowest BCUT2D eigenvalue weighted by Crippen LogP contribution is -2.57. The molecule has 4 rings (SSSR count). The summed E-state index contributed by atoms with van der Waals surface area (Å²) in [6.45, 7) is 2.92. The zero-order valence-corrected chi connectivity index (χ0v) is 18.8. The van der Waals surface area contributed by atoms with Gasteiger partial charge in [0.25, 0.3) is 0 Å². The number of amides is 2. The third-order valence-electron chi connectivity index (χ3n) is 6.30. The Morgan fingerprint density at radius 2 is 1.76 bits per heavy atom. The molecule has 178 valence electrons. The summed E-state index contributed by atoms with van der Waals surface area (Å²) in [6.07, 6.45) is -1.94. The Bertz CT molecular complexity index is 907. The van der Waals surface area contributed by atoms with E-state index in [0.717, 1.165) is 24.5 Å². The zero-order chi connectivity index (χ0) is 23.2. The van der Waals surface area contributed by atoms with Gasteiger partial charge in [-0.3, -0.25) is 4.90 Å². The molecule has 0 spiro atoms. The highest BCUT2D eigenvalue weighted by molar-refractivity contribution is 5.89. The van der Waals surface area contributed by atoms with E-state index in [1.165, 1.54) is 0 Å². The molecule has 0 saturated carbocycles. The third-order valence-corrected chi connectivity index (χ3v) is 6.30. The number of carbonyl (C=O) groups excluding carboxylic acids is 1. The van der Waals surface area contributed by atoms with Crippen molar-refractivity contribution in [2.45, 2.75) is 24.4 Å². The van der Waals surface area contributed by atoms with Crippen LogP contribution >= 0.6 is 0 Å². The van der Waals surface area contributed by atoms with Crippen molar-refractivity contribution in [3.63, 3.8) is 0 Å². The predicted molar refractivity (Wildman–Crippen MR) is 126 cm³/mol. The van der Waals surface area contributed by atoms with Crippen molar-refractivity contribution >= 4 is 17.4 Å². The normalized spacial score (nSPS) is 25.6. The fraction of sp³-hybridized carbons (Fsp3) is 0.458. The molecule has 0 radical (unpaired) electrons. The fourth-order valence-corrected chi connectivity index (χ4v) is 4.64. The van der Waals surface area contributed by atoms with E-state index in [1.54, 1.807) is 19.2 Å². The number of nitrogens with one attached hydrogen (secondary N) is 2. The number of urea groups is 1. The summed E-state index contributed by atoms with van der Waals surface area (Å²) in [5.41, 5.74) is 1.74. The van der Waals surface area contributed by atoms with Gasteiger partial charge in [-0.2, -0.15) is 0 Å². The Hall–Kier alpha value is -2.85. The minimum atomic E-state index is -0.836. The quantitative estimate of drug-likeness (QED) is 0.495. The molecule has 9 heteroatoms. The Labute approximate surface area is 193 Å². The summed E-state index contributed by atoms with van der Waals surface area (Å²) < 4.78 is 11.4. The summed E-state index contributed by atoms with van der Waals surface area (Å²) in [5, 5.41) is 26.1. The number of hydrogen-bond acceptors (Lipinski definition) is 7. The van der Waals surface area contributed by atoms with Gasteiger partial charge in [0, 0.05) is 38.4 Å². The van der Waals surface area contributed by atoms with Crippen LogP contribution in [0.2, 0.25) is 0 Å². The maximum Gasteiger partial charge on any atom is 0.319 e. The number of nitrogens with zero attached hydrogens (tertiary/aromatic N) is 2. The standard InChI is InChI=1S/C24H32N4O5/c1-32-19-10-6-5-9-18(19)27-11-13-28(14-12-27)22-20(33-21(16-29)23(22)30)15-25-24(31)26-17-7-3-2-4-8-17/h2-10,20-23,29-30H,11-16H2,1H3,(H2,25,26,31). The van der Waals surface area contributed by atoms with E-state index in [0.29, 0.717) is 18.8 Å². The first kappa shape index (κ1) is 23.3. The number of carbonyl (C=O) groups is 1. The molecule has 4 unspecified atom stereocenters. The lowest BCUT2D eigenvalue weighted by atomic mass is 10.0. The van der Waals surface area contributed by atoms with Gasteiger partial charge in [0.15, 0.2) is 0 Å². The van der Waals surface area contributed by atoms with Gasteiger partial charge in [0.2, 0.25) is 0 Å². The first-order valence-electron chi connectivity index (χ1n) is 11.3. The van der Waals surface area contributed by atoms with E-state index in [-0.39, 0.29) is 25.2 Å². The van der Waals surface area contributed by atoms with Crippen molar-refractivity contribution in [2.75, 3.05) is 56.7 Å². The van der Waals surface area contributed by atoms with Crippen LogP contribution < -0.4 is 20.3 Å². The van der Waals surface area contributed by atoms with Crippen molar-refractivity contribution in [3.8, 4) is 5.75 Å². The largest absolute Gasteiger partial charge is 0.495 e. The predicted octanol–water partition coefficient (Wildman–Crippen LogP) is 1.13. The molecule has 0 aliphatic carbocycles. The second kappa shape index (κ2) is 10.8. The number of rotatable bonds is 7. The molecule has 0 bridgehead atoms. The molecule has 33 heavy (non-hydrogen) atoms. The van der Waals surface area contributed by atoms with Gasteiger partial charge >= 0.3 is 6.03 Å². The molecule has 4 atom stereocenters. The van der Waals surface area contributed by atoms with E-state index >= 15 is 0 Å². The summed E-state index contributed by atoms with van der Waals surface area (Å²) in [7, 11) is 1.67. The van der Waals surface area contributed by atoms with Crippen LogP contribution in [0.25, 0.3) is 0 Å². The average molecular weight is 457 g/mol. The topological polar surface area (TPSA) is 107 Å². The van der Waals surface area contributed by atoms with E-state index in [4.69, 9.17) is 9.47 Å². The molecule has 4 N–H and O–H groups in total. The maximum atomic E-state index is 12.3. The zero-order valence-electron chi connectivity index (χ0n) is 18.8. The fourth-order valence-electron chi connectivity index (χ4n) is 4.64. The summed E-state index contributed by atoms with van der Waals surface area (Å²) in [5.74, 6) is 0.835. The molecular formula is C24H32N4O5. The van der Waals surface area contributed by atoms with Crippen LogP contribution in [0.15, 0.2) is 54.6 Å². The van der Waals surface area contributed by atoms with Crippen LogP contribution in [0.4, 0.5) is 16.2 Å². The van der Waals surface area contributed by atoms with Gasteiger partial charge in [0.05, 0.1) is 31.5 Å². The number of ether oxygens (including phenoxy) is 2. The minimum absolute atomic E-state index is 0.226. The Morgan fingerprint density at radius 1 is 1.06 bits per heavy atom. The van der Waals surface area contributed by atoms with Gasteiger partial charge in [0.1, 0.15) is 18.0 Å². The highest BCUT2D eigenvalue weighted by Gasteiger charge is 2.46. The van der Waals surface area contributed by atoms with E-state index in [1.807, 2.05) is 42.5 Å². The van der Waals surface area contributed by atoms with Crippen molar-refractivity contribution < 1.29 is 24.5 Å². The first-order chi connectivity index (χ1) is 16.1. The Morgan fingerprint density at radius 3 is 2.45 bits per heavy atom. The molecule has 2 aromatic rings. The lowest BCUT2D eigenvalue weighted by Gasteiger charge is -2.41. The van der Waals surface area contributed by atoms with E-state index in [9.17, 15) is 15.0 Å². The maximum absolute atomic E-state index is 12.3. The summed E-state index contributed by atoms with van der Waals surface area (Å²) in [6, 6.07) is 16.5. The second-order valence-electron chi connectivity index (χ2n) is 8.27. The van der Waals surface area contributed by atoms with Gasteiger partial charge < -0.3 is 35.2 Å². The molecule has 2 heterocycles. The number of hydrogen-bond donors (Lipinski definition) is 4. The molecule has 2 aliphatic rings. The van der Waals surface area contributed by atoms with E-state index in [2.05, 4.69) is 20.4 Å². The van der Waals surface area contributed by atoms with Crippen LogP contribution in [-0.2, 0) is 4.74 Å². The van der Waals surface area contributed by atoms with Crippen LogP contribution in [0.3, 0.4) is 0 Å². The number of methoxy groups -OCH3 is 1. The summed E-state index contributed by atoms with van der Waals surface area (Å²) >= 11 is 0. The molecule has 2 aromatic carbocycles. The highest BCUT2D eigenvalue weighted by atomic mass is 16.5. The monoisotopic (exact) mass is 456 g/mol. The molecule has 2 amide bonds. The van der Waals surface area contributed by atoms with Crippen LogP contribution in [0.1, 0.15) is 0 Å². The Balaban J connectivity index is 1.37. The minimum Gasteiger partial charge on any atom is -0.495 e. The number of benzene rings is 2. The van der Waals surface area contributed by atoms with Crippen molar-refractivity contribution in [1.82, 2.24) is 10.2 Å². The number of aliphatic hydroxyl groups excluding tert-OH is 2. The van der Waals surface area contributed by atoms with Crippen molar-refractivity contribution in [1.29, 1.82) is 0 Å². The van der Waals surface area contributed by atoms with Crippen molar-refractivity contribution in [2.24, 2.45) is 0 Å². The van der Waals surface area contributed by atoms with Gasteiger partial charge in [-0.1, -0.05) is 30.3 Å². The third kappa shape index (κ3) is 5.39. The molecule has 2 saturated heterocycles. The summed E-state index contributed by atoms with van der Waals surface area (Å²) in [4.78, 5) is 16.8. The van der Waals surface area contributed by atoms with Gasteiger partial charge in [-0.05, 0) is 24.3 Å².